The van der Waals surface area contributed by atoms with E-state index in [0.717, 1.165) is 57.0 Å². The zero-order valence-corrected chi connectivity index (χ0v) is 19.7. The molecule has 0 saturated carbocycles. The molecule has 8 nitrogen and oxygen atoms in total. The molecule has 2 aliphatic heterocycles. The minimum atomic E-state index is -0.264. The number of likely N-dealkylation sites (tertiary alicyclic amines) is 1. The predicted molar refractivity (Wildman–Crippen MR) is 128 cm³/mol. The molecule has 2 aliphatic rings. The van der Waals surface area contributed by atoms with E-state index in [4.69, 9.17) is 9.47 Å². The number of aromatic amines is 1. The molecule has 2 aromatic carbocycles. The molecule has 3 aromatic rings. The van der Waals surface area contributed by atoms with Gasteiger partial charge in [-0.3, -0.25) is 14.8 Å². The SMILES string of the molecule is O=C(c1ccc(OCCN2CCOCC2)cc1)N1CCCC1c1n[nH]c(Cc2ccc(F)cc2)n1. The molecule has 5 rings (SSSR count). The number of H-pyrrole nitrogens is 1. The van der Waals surface area contributed by atoms with Crippen LogP contribution in [-0.4, -0.2) is 76.9 Å². The molecule has 1 atom stereocenters. The molecule has 2 saturated heterocycles. The Hall–Kier alpha value is -3.30. The molecule has 2 fully saturated rings. The van der Waals surface area contributed by atoms with Crippen LogP contribution in [0.4, 0.5) is 4.39 Å². The molecule has 0 bridgehead atoms. The largest absolute Gasteiger partial charge is 0.492 e. The summed E-state index contributed by atoms with van der Waals surface area (Å²) in [7, 11) is 0. The first-order valence-electron chi connectivity index (χ1n) is 12.2. The van der Waals surface area contributed by atoms with E-state index in [1.54, 1.807) is 12.1 Å². The van der Waals surface area contributed by atoms with Crippen molar-refractivity contribution in [2.24, 2.45) is 0 Å². The average Bonchev–Trinajstić information content (AvgIpc) is 3.56. The van der Waals surface area contributed by atoms with Crippen LogP contribution in [0.2, 0.25) is 0 Å². The number of morpholine rings is 1. The van der Waals surface area contributed by atoms with Crippen molar-refractivity contribution in [3.63, 3.8) is 0 Å². The van der Waals surface area contributed by atoms with E-state index in [1.165, 1.54) is 12.1 Å². The third-order valence-corrected chi connectivity index (χ3v) is 6.53. The molecule has 1 amide bonds. The van der Waals surface area contributed by atoms with Crippen LogP contribution in [-0.2, 0) is 11.2 Å². The number of ether oxygens (including phenoxy) is 2. The second-order valence-corrected chi connectivity index (χ2v) is 8.93. The molecule has 3 heterocycles. The van der Waals surface area contributed by atoms with Gasteiger partial charge >= 0.3 is 0 Å². The number of hydrogen-bond donors (Lipinski definition) is 1. The van der Waals surface area contributed by atoms with Gasteiger partial charge in [0.1, 0.15) is 24.0 Å². The van der Waals surface area contributed by atoms with Crippen LogP contribution in [0, 0.1) is 5.82 Å². The summed E-state index contributed by atoms with van der Waals surface area (Å²) in [6, 6.07) is 13.5. The van der Waals surface area contributed by atoms with Crippen molar-refractivity contribution in [1.82, 2.24) is 25.0 Å². The van der Waals surface area contributed by atoms with Gasteiger partial charge in [0.15, 0.2) is 5.82 Å². The smallest absolute Gasteiger partial charge is 0.254 e. The third-order valence-electron chi connectivity index (χ3n) is 6.53. The predicted octanol–water partition coefficient (Wildman–Crippen LogP) is 3.22. The molecule has 0 spiro atoms. The van der Waals surface area contributed by atoms with Crippen LogP contribution in [0.25, 0.3) is 0 Å². The first-order valence-corrected chi connectivity index (χ1v) is 12.2. The normalized spacial score (nSPS) is 18.7. The van der Waals surface area contributed by atoms with Gasteiger partial charge in [-0.2, -0.15) is 5.10 Å². The number of amides is 1. The summed E-state index contributed by atoms with van der Waals surface area (Å²) in [6.45, 7) is 5.56. The fraction of sp³-hybridized carbons (Fsp3) is 0.423. The summed E-state index contributed by atoms with van der Waals surface area (Å²) in [6.07, 6.45) is 2.25. The lowest BCUT2D eigenvalue weighted by atomic mass is 10.1. The van der Waals surface area contributed by atoms with Gasteiger partial charge in [-0.1, -0.05) is 12.1 Å². The van der Waals surface area contributed by atoms with E-state index in [9.17, 15) is 9.18 Å². The summed E-state index contributed by atoms with van der Waals surface area (Å²) in [5, 5.41) is 7.36. The van der Waals surface area contributed by atoms with Gasteiger partial charge < -0.3 is 14.4 Å². The number of nitrogens with zero attached hydrogens (tertiary/aromatic N) is 4. The lowest BCUT2D eigenvalue weighted by molar-refractivity contribution is 0.0322. The topological polar surface area (TPSA) is 83.6 Å². The van der Waals surface area contributed by atoms with E-state index in [0.29, 0.717) is 36.8 Å². The number of halogens is 1. The van der Waals surface area contributed by atoms with E-state index in [-0.39, 0.29) is 17.8 Å². The van der Waals surface area contributed by atoms with Gasteiger partial charge in [0.05, 0.1) is 19.3 Å². The molecule has 0 aliphatic carbocycles. The Morgan fingerprint density at radius 1 is 1.09 bits per heavy atom. The van der Waals surface area contributed by atoms with E-state index in [1.807, 2.05) is 29.2 Å². The van der Waals surface area contributed by atoms with Crippen molar-refractivity contribution in [2.45, 2.75) is 25.3 Å². The Bertz CT molecular complexity index is 1110. The summed E-state index contributed by atoms with van der Waals surface area (Å²) in [5.41, 5.74) is 1.57. The van der Waals surface area contributed by atoms with E-state index >= 15 is 0 Å². The van der Waals surface area contributed by atoms with Gasteiger partial charge in [-0.15, -0.1) is 0 Å². The maximum Gasteiger partial charge on any atom is 0.254 e. The van der Waals surface area contributed by atoms with Crippen molar-refractivity contribution in [3.8, 4) is 5.75 Å². The summed E-state index contributed by atoms with van der Waals surface area (Å²) in [5.74, 6) is 1.78. The lowest BCUT2D eigenvalue weighted by Crippen LogP contribution is -2.38. The minimum absolute atomic E-state index is 0.0303. The number of aromatic nitrogens is 3. The molecule has 35 heavy (non-hydrogen) atoms. The van der Waals surface area contributed by atoms with Crippen molar-refractivity contribution in [2.75, 3.05) is 46.0 Å². The fourth-order valence-corrected chi connectivity index (χ4v) is 4.59. The Labute approximate surface area is 204 Å². The lowest BCUT2D eigenvalue weighted by Gasteiger charge is -2.26. The summed E-state index contributed by atoms with van der Waals surface area (Å²) < 4.78 is 24.4. The van der Waals surface area contributed by atoms with Crippen molar-refractivity contribution in [3.05, 3.63) is 77.1 Å². The highest BCUT2D eigenvalue weighted by atomic mass is 19.1. The van der Waals surface area contributed by atoms with E-state index in [2.05, 4.69) is 20.1 Å². The summed E-state index contributed by atoms with van der Waals surface area (Å²) >= 11 is 0. The number of benzene rings is 2. The molecular formula is C26H30FN5O3. The molecule has 0 radical (unpaired) electrons. The van der Waals surface area contributed by atoms with Crippen LogP contribution in [0.5, 0.6) is 5.75 Å². The highest BCUT2D eigenvalue weighted by Gasteiger charge is 2.33. The Balaban J connectivity index is 1.17. The molecule has 1 unspecified atom stereocenters. The van der Waals surface area contributed by atoms with Gasteiger partial charge in [-0.25, -0.2) is 9.37 Å². The van der Waals surface area contributed by atoms with E-state index < -0.39 is 0 Å². The van der Waals surface area contributed by atoms with Crippen LogP contribution in [0.15, 0.2) is 48.5 Å². The minimum Gasteiger partial charge on any atom is -0.492 e. The maximum atomic E-state index is 13.3. The number of hydrogen-bond acceptors (Lipinski definition) is 6. The highest BCUT2D eigenvalue weighted by molar-refractivity contribution is 5.94. The van der Waals surface area contributed by atoms with Crippen molar-refractivity contribution in [1.29, 1.82) is 0 Å². The average molecular weight is 480 g/mol. The molecule has 1 aromatic heterocycles. The van der Waals surface area contributed by atoms with Gasteiger partial charge in [0, 0.05) is 38.2 Å². The number of carbonyl (C=O) groups excluding carboxylic acids is 1. The van der Waals surface area contributed by atoms with Crippen LogP contribution in [0.1, 0.15) is 46.5 Å². The molecule has 1 N–H and O–H groups in total. The van der Waals surface area contributed by atoms with Gasteiger partial charge in [0.2, 0.25) is 0 Å². The standard InChI is InChI=1S/C26H30FN5O3/c27-21-7-3-19(4-8-21)18-24-28-25(30-29-24)23-2-1-11-32(23)26(33)20-5-9-22(10-6-20)35-17-14-31-12-15-34-16-13-31/h3-10,23H,1-2,11-18H2,(H,28,29,30). The number of nitrogens with one attached hydrogen (secondary N) is 1. The zero-order chi connectivity index (χ0) is 24.0. The Kier molecular flexibility index (Phi) is 7.34. The first-order chi connectivity index (χ1) is 17.2. The maximum absolute atomic E-state index is 13.3. The Morgan fingerprint density at radius 3 is 2.63 bits per heavy atom. The zero-order valence-electron chi connectivity index (χ0n) is 19.7. The highest BCUT2D eigenvalue weighted by Crippen LogP contribution is 2.31. The second kappa shape index (κ2) is 11.0. The number of carbonyl (C=O) groups is 1. The number of rotatable bonds is 8. The first kappa shape index (κ1) is 23.4. The van der Waals surface area contributed by atoms with Crippen LogP contribution in [0.3, 0.4) is 0 Å². The Morgan fingerprint density at radius 2 is 1.86 bits per heavy atom. The van der Waals surface area contributed by atoms with Gasteiger partial charge in [0.25, 0.3) is 5.91 Å². The van der Waals surface area contributed by atoms with Crippen LogP contribution < -0.4 is 4.74 Å². The molecular weight excluding hydrogens is 449 g/mol. The fourth-order valence-electron chi connectivity index (χ4n) is 4.59. The van der Waals surface area contributed by atoms with Gasteiger partial charge in [-0.05, 0) is 54.8 Å². The molecule has 184 valence electrons. The monoisotopic (exact) mass is 479 g/mol. The third kappa shape index (κ3) is 5.86. The van der Waals surface area contributed by atoms with Crippen LogP contribution >= 0.6 is 0 Å². The van der Waals surface area contributed by atoms with Crippen molar-refractivity contribution >= 4 is 5.91 Å². The second-order valence-electron chi connectivity index (χ2n) is 8.93. The van der Waals surface area contributed by atoms with Crippen molar-refractivity contribution < 1.29 is 18.7 Å². The summed E-state index contributed by atoms with van der Waals surface area (Å²) in [4.78, 5) is 22.1. The molecule has 9 heteroatoms. The quantitative estimate of drug-likeness (QED) is 0.534.